The summed E-state index contributed by atoms with van der Waals surface area (Å²) in [5.74, 6) is 1.61. The Morgan fingerprint density at radius 2 is 2.00 bits per heavy atom. The average Bonchev–Trinajstić information content (AvgIpc) is 3.25. The Labute approximate surface area is 164 Å². The van der Waals surface area contributed by atoms with E-state index in [0.717, 1.165) is 28.9 Å². The molecule has 0 radical (unpaired) electrons. The molecule has 1 aliphatic rings. The van der Waals surface area contributed by atoms with Crippen molar-refractivity contribution in [1.29, 1.82) is 5.41 Å². The number of nitrogens with zero attached hydrogens (tertiary/aromatic N) is 2. The Hall–Kier alpha value is -3.28. The molecule has 2 heterocycles. The molecule has 1 aromatic heterocycles. The van der Waals surface area contributed by atoms with Crippen LogP contribution in [0.15, 0.2) is 48.2 Å². The highest BCUT2D eigenvalue weighted by molar-refractivity contribution is 6.30. The molecule has 0 spiro atoms. The van der Waals surface area contributed by atoms with Gasteiger partial charge in [0.05, 0.1) is 30.3 Å². The SMILES string of the molecule is CCCCc1ccc(N2CC(O)=C(c3nc4ccc(OC)cc4[nH]3)C2=N)cc1. The van der Waals surface area contributed by atoms with Crippen LogP contribution in [-0.4, -0.2) is 34.6 Å². The van der Waals surface area contributed by atoms with Crippen molar-refractivity contribution in [3.8, 4) is 5.75 Å². The summed E-state index contributed by atoms with van der Waals surface area (Å²) in [4.78, 5) is 9.55. The van der Waals surface area contributed by atoms with Crippen LogP contribution in [0.2, 0.25) is 0 Å². The standard InChI is InChI=1S/C22H24N4O2/c1-3-4-5-14-6-8-15(9-7-14)26-13-19(27)20(21(26)23)22-24-17-11-10-16(28-2)12-18(17)25-22/h6-12,23,27H,3-5,13H2,1-2H3,(H,24,25). The lowest BCUT2D eigenvalue weighted by Gasteiger charge is -2.19. The minimum atomic E-state index is 0.145. The van der Waals surface area contributed by atoms with Gasteiger partial charge in [-0.25, -0.2) is 4.98 Å². The summed E-state index contributed by atoms with van der Waals surface area (Å²) in [6.45, 7) is 2.45. The highest BCUT2D eigenvalue weighted by atomic mass is 16.5. The quantitative estimate of drug-likeness (QED) is 0.583. The van der Waals surface area contributed by atoms with Crippen LogP contribution in [0.1, 0.15) is 31.2 Å². The lowest BCUT2D eigenvalue weighted by molar-refractivity contribution is 0.411. The fourth-order valence-corrected chi connectivity index (χ4v) is 3.51. The molecule has 3 N–H and O–H groups in total. The molecule has 0 fully saturated rings. The van der Waals surface area contributed by atoms with E-state index in [4.69, 9.17) is 10.1 Å². The molecule has 0 saturated carbocycles. The number of unbranched alkanes of at least 4 members (excludes halogenated alkanes) is 1. The van der Waals surface area contributed by atoms with Gasteiger partial charge in [-0.3, -0.25) is 5.41 Å². The van der Waals surface area contributed by atoms with Crippen LogP contribution in [0.5, 0.6) is 5.75 Å². The molecule has 2 aromatic carbocycles. The van der Waals surface area contributed by atoms with Gasteiger partial charge in [0, 0.05) is 11.8 Å². The normalized spacial score (nSPS) is 14.4. The molecule has 0 bridgehead atoms. The highest BCUT2D eigenvalue weighted by Gasteiger charge is 2.31. The molecule has 6 heteroatoms. The first-order valence-electron chi connectivity index (χ1n) is 9.52. The predicted octanol–water partition coefficient (Wildman–Crippen LogP) is 4.68. The fraction of sp³-hybridized carbons (Fsp3) is 0.273. The number of aliphatic hydroxyl groups is 1. The Kier molecular flexibility index (Phi) is 4.77. The van der Waals surface area contributed by atoms with Gasteiger partial charge in [0.15, 0.2) is 0 Å². The summed E-state index contributed by atoms with van der Waals surface area (Å²) in [5.41, 5.74) is 4.19. The number of aliphatic hydroxyl groups excluding tert-OH is 1. The van der Waals surface area contributed by atoms with Crippen molar-refractivity contribution in [1.82, 2.24) is 9.97 Å². The number of aromatic nitrogens is 2. The number of H-pyrrole nitrogens is 1. The van der Waals surface area contributed by atoms with Crippen molar-refractivity contribution in [2.24, 2.45) is 0 Å². The molecule has 1 aliphatic heterocycles. The number of aromatic amines is 1. The number of anilines is 1. The molecule has 28 heavy (non-hydrogen) atoms. The molecule has 3 aromatic rings. The van der Waals surface area contributed by atoms with Crippen LogP contribution in [0.3, 0.4) is 0 Å². The van der Waals surface area contributed by atoms with E-state index in [1.165, 1.54) is 18.4 Å². The van der Waals surface area contributed by atoms with Gasteiger partial charge in [0.25, 0.3) is 0 Å². The van der Waals surface area contributed by atoms with Crippen molar-refractivity contribution >= 4 is 28.1 Å². The average molecular weight is 376 g/mol. The summed E-state index contributed by atoms with van der Waals surface area (Å²) in [6.07, 6.45) is 3.40. The van der Waals surface area contributed by atoms with Crippen molar-refractivity contribution in [2.45, 2.75) is 26.2 Å². The first-order chi connectivity index (χ1) is 13.6. The van der Waals surface area contributed by atoms with Gasteiger partial charge in [-0.2, -0.15) is 0 Å². The van der Waals surface area contributed by atoms with E-state index >= 15 is 0 Å². The van der Waals surface area contributed by atoms with Crippen LogP contribution in [0, 0.1) is 5.41 Å². The Balaban J connectivity index is 1.60. The third kappa shape index (κ3) is 3.22. The molecule has 0 aliphatic carbocycles. The van der Waals surface area contributed by atoms with Crippen LogP contribution in [0.4, 0.5) is 5.69 Å². The summed E-state index contributed by atoms with van der Waals surface area (Å²) in [7, 11) is 1.62. The minimum absolute atomic E-state index is 0.145. The molecule has 0 amide bonds. The first kappa shape index (κ1) is 18.1. The Morgan fingerprint density at radius 1 is 1.21 bits per heavy atom. The number of rotatable bonds is 6. The van der Waals surface area contributed by atoms with Gasteiger partial charge in [-0.05, 0) is 42.7 Å². The number of nitrogens with one attached hydrogen (secondary N) is 2. The predicted molar refractivity (Wildman–Crippen MR) is 112 cm³/mol. The number of aryl methyl sites for hydroxylation is 1. The van der Waals surface area contributed by atoms with Crippen molar-refractivity contribution in [3.63, 3.8) is 0 Å². The summed E-state index contributed by atoms with van der Waals surface area (Å²) in [5, 5.41) is 19.2. The summed E-state index contributed by atoms with van der Waals surface area (Å²) >= 11 is 0. The second-order valence-corrected chi connectivity index (χ2v) is 6.99. The number of methoxy groups -OCH3 is 1. The van der Waals surface area contributed by atoms with E-state index < -0.39 is 0 Å². The summed E-state index contributed by atoms with van der Waals surface area (Å²) in [6, 6.07) is 13.8. The van der Waals surface area contributed by atoms with Gasteiger partial charge < -0.3 is 19.7 Å². The molecule has 0 atom stereocenters. The number of hydrogen-bond acceptors (Lipinski definition) is 4. The van der Waals surface area contributed by atoms with E-state index in [1.54, 1.807) is 12.0 Å². The molecule has 0 saturated heterocycles. The topological polar surface area (TPSA) is 85.2 Å². The largest absolute Gasteiger partial charge is 0.509 e. The van der Waals surface area contributed by atoms with E-state index in [0.29, 0.717) is 11.4 Å². The first-order valence-corrected chi connectivity index (χ1v) is 9.52. The monoisotopic (exact) mass is 376 g/mol. The third-order valence-corrected chi connectivity index (χ3v) is 5.10. The van der Waals surface area contributed by atoms with Crippen molar-refractivity contribution in [3.05, 3.63) is 59.6 Å². The van der Waals surface area contributed by atoms with Gasteiger partial charge in [0.2, 0.25) is 0 Å². The Bertz CT molecular complexity index is 1050. The zero-order valence-electron chi connectivity index (χ0n) is 16.1. The number of hydrogen-bond donors (Lipinski definition) is 3. The molecule has 0 unspecified atom stereocenters. The molecule has 4 rings (SSSR count). The molecule has 6 nitrogen and oxygen atoms in total. The van der Waals surface area contributed by atoms with E-state index in [9.17, 15) is 5.11 Å². The second kappa shape index (κ2) is 7.38. The maximum absolute atomic E-state index is 10.6. The third-order valence-electron chi connectivity index (χ3n) is 5.10. The number of ether oxygens (including phenoxy) is 1. The Morgan fingerprint density at radius 3 is 2.71 bits per heavy atom. The number of imidazole rings is 1. The smallest absolute Gasteiger partial charge is 0.145 e. The van der Waals surface area contributed by atoms with E-state index in [2.05, 4.69) is 29.0 Å². The molecule has 144 valence electrons. The highest BCUT2D eigenvalue weighted by Crippen LogP contribution is 2.31. The number of fused-ring (bicyclic) bond motifs is 1. The van der Waals surface area contributed by atoms with E-state index in [1.807, 2.05) is 30.3 Å². The zero-order valence-corrected chi connectivity index (χ0v) is 16.1. The maximum atomic E-state index is 10.6. The van der Waals surface area contributed by atoms with Crippen molar-refractivity contribution in [2.75, 3.05) is 18.6 Å². The van der Waals surface area contributed by atoms with Gasteiger partial charge in [-0.1, -0.05) is 25.5 Å². The van der Waals surface area contributed by atoms with Crippen LogP contribution in [-0.2, 0) is 6.42 Å². The maximum Gasteiger partial charge on any atom is 0.145 e. The van der Waals surface area contributed by atoms with Crippen molar-refractivity contribution < 1.29 is 9.84 Å². The lowest BCUT2D eigenvalue weighted by atomic mass is 10.1. The second-order valence-electron chi connectivity index (χ2n) is 6.99. The lowest BCUT2D eigenvalue weighted by Crippen LogP contribution is -2.26. The van der Waals surface area contributed by atoms with Gasteiger partial charge >= 0.3 is 0 Å². The van der Waals surface area contributed by atoms with Crippen LogP contribution >= 0.6 is 0 Å². The number of amidine groups is 1. The minimum Gasteiger partial charge on any atom is -0.509 e. The molecular weight excluding hydrogens is 352 g/mol. The summed E-state index contributed by atoms with van der Waals surface area (Å²) < 4.78 is 5.25. The van der Waals surface area contributed by atoms with Crippen LogP contribution < -0.4 is 9.64 Å². The fourth-order valence-electron chi connectivity index (χ4n) is 3.51. The van der Waals surface area contributed by atoms with E-state index in [-0.39, 0.29) is 18.1 Å². The van der Waals surface area contributed by atoms with Crippen LogP contribution in [0.25, 0.3) is 16.6 Å². The van der Waals surface area contributed by atoms with Gasteiger partial charge in [-0.15, -0.1) is 0 Å². The zero-order chi connectivity index (χ0) is 19.7. The van der Waals surface area contributed by atoms with Gasteiger partial charge in [0.1, 0.15) is 23.2 Å². The molecular formula is C22H24N4O2. The number of benzene rings is 2.